The van der Waals surface area contributed by atoms with Crippen molar-refractivity contribution in [3.05, 3.63) is 0 Å². The standard InChI is InChI=1S/C6H11NO6/c7-1-2(8)6(12)13-4(1)3(9)5(10)11/h1-4,6,8-9,12H,7H2,(H,10,11)/t1-,2+,3+,4-,6-/m0/s1. The average Bonchev–Trinajstić information content (AvgIpc) is 2.31. The number of carbonyl (C=O) groups is 1. The fraction of sp³-hybridized carbons (Fsp3) is 0.833. The van der Waals surface area contributed by atoms with E-state index < -0.39 is 36.6 Å². The fourth-order valence-electron chi connectivity index (χ4n) is 1.14. The zero-order valence-corrected chi connectivity index (χ0v) is 6.57. The zero-order chi connectivity index (χ0) is 10.2. The van der Waals surface area contributed by atoms with Gasteiger partial charge in [0.25, 0.3) is 0 Å². The van der Waals surface area contributed by atoms with Gasteiger partial charge in [-0.1, -0.05) is 0 Å². The summed E-state index contributed by atoms with van der Waals surface area (Å²) >= 11 is 0. The third-order valence-corrected chi connectivity index (χ3v) is 1.93. The van der Waals surface area contributed by atoms with Gasteiger partial charge in [0.05, 0.1) is 6.04 Å². The largest absolute Gasteiger partial charge is 0.479 e. The van der Waals surface area contributed by atoms with Crippen LogP contribution in [0.4, 0.5) is 0 Å². The predicted molar refractivity (Wildman–Crippen MR) is 38.5 cm³/mol. The van der Waals surface area contributed by atoms with Crippen molar-refractivity contribution in [3.8, 4) is 0 Å². The second kappa shape index (κ2) is 3.56. The van der Waals surface area contributed by atoms with Crippen LogP contribution in [0.2, 0.25) is 0 Å². The number of carboxylic acids is 1. The Bertz CT molecular complexity index is 209. The summed E-state index contributed by atoms with van der Waals surface area (Å²) in [5.74, 6) is -1.51. The normalized spacial score (nSPS) is 41.8. The molecule has 76 valence electrons. The lowest BCUT2D eigenvalue weighted by Crippen LogP contribution is -2.48. The number of aliphatic hydroxyl groups excluding tert-OH is 3. The molecule has 0 bridgehead atoms. The number of nitrogens with two attached hydrogens (primary N) is 1. The Morgan fingerprint density at radius 2 is 2.00 bits per heavy atom. The number of carboxylic acid groups (broad SMARTS) is 1. The van der Waals surface area contributed by atoms with Gasteiger partial charge in [-0.25, -0.2) is 4.79 Å². The number of rotatable bonds is 2. The summed E-state index contributed by atoms with van der Waals surface area (Å²) in [7, 11) is 0. The van der Waals surface area contributed by atoms with Crippen molar-refractivity contribution < 1.29 is 30.0 Å². The highest BCUT2D eigenvalue weighted by Crippen LogP contribution is 2.20. The van der Waals surface area contributed by atoms with Crippen molar-refractivity contribution in [2.45, 2.75) is 30.6 Å². The van der Waals surface area contributed by atoms with Crippen LogP contribution in [0.1, 0.15) is 0 Å². The molecule has 0 aliphatic carbocycles. The minimum Gasteiger partial charge on any atom is -0.479 e. The van der Waals surface area contributed by atoms with E-state index in [1.165, 1.54) is 0 Å². The topological polar surface area (TPSA) is 133 Å². The zero-order valence-electron chi connectivity index (χ0n) is 6.57. The molecule has 0 aromatic carbocycles. The number of aliphatic carboxylic acids is 1. The molecule has 0 aromatic rings. The molecule has 13 heavy (non-hydrogen) atoms. The van der Waals surface area contributed by atoms with Crippen LogP contribution in [0.5, 0.6) is 0 Å². The summed E-state index contributed by atoms with van der Waals surface area (Å²) in [6.45, 7) is 0. The van der Waals surface area contributed by atoms with Gasteiger partial charge in [-0.3, -0.25) is 0 Å². The number of hydrogen-bond donors (Lipinski definition) is 5. The van der Waals surface area contributed by atoms with Crippen LogP contribution in [0.25, 0.3) is 0 Å². The molecule has 7 nitrogen and oxygen atoms in total. The molecule has 0 spiro atoms. The number of hydrogen-bond acceptors (Lipinski definition) is 6. The molecule has 0 saturated carbocycles. The van der Waals surface area contributed by atoms with E-state index in [1.54, 1.807) is 0 Å². The first-order valence-corrected chi connectivity index (χ1v) is 3.63. The molecule has 1 saturated heterocycles. The third kappa shape index (κ3) is 1.79. The molecule has 0 amide bonds. The van der Waals surface area contributed by atoms with Crippen LogP contribution >= 0.6 is 0 Å². The van der Waals surface area contributed by atoms with Crippen LogP contribution in [0.3, 0.4) is 0 Å². The Morgan fingerprint density at radius 1 is 1.46 bits per heavy atom. The highest BCUT2D eigenvalue weighted by atomic mass is 16.6. The van der Waals surface area contributed by atoms with E-state index in [9.17, 15) is 4.79 Å². The fourth-order valence-corrected chi connectivity index (χ4v) is 1.14. The molecule has 0 unspecified atom stereocenters. The predicted octanol–water partition coefficient (Wildman–Crippen LogP) is -3.16. The first-order valence-electron chi connectivity index (χ1n) is 3.63. The smallest absolute Gasteiger partial charge is 0.335 e. The first kappa shape index (κ1) is 10.4. The van der Waals surface area contributed by atoms with Crippen molar-refractivity contribution >= 4 is 5.97 Å². The van der Waals surface area contributed by atoms with Crippen LogP contribution in [0, 0.1) is 0 Å². The van der Waals surface area contributed by atoms with E-state index in [1.807, 2.05) is 0 Å². The highest BCUT2D eigenvalue weighted by Gasteiger charge is 2.46. The van der Waals surface area contributed by atoms with Gasteiger partial charge in [0, 0.05) is 0 Å². The first-order chi connectivity index (χ1) is 5.95. The maximum Gasteiger partial charge on any atom is 0.335 e. The quantitative estimate of drug-likeness (QED) is 0.312. The molecule has 1 fully saturated rings. The minimum absolute atomic E-state index is 1.11. The monoisotopic (exact) mass is 193 g/mol. The van der Waals surface area contributed by atoms with Gasteiger partial charge in [0.15, 0.2) is 12.4 Å². The van der Waals surface area contributed by atoms with Gasteiger partial charge in [0.2, 0.25) is 0 Å². The molecule has 1 aliphatic heterocycles. The molecule has 5 atom stereocenters. The highest BCUT2D eigenvalue weighted by molar-refractivity contribution is 5.73. The van der Waals surface area contributed by atoms with Gasteiger partial charge < -0.3 is 30.9 Å². The van der Waals surface area contributed by atoms with Gasteiger partial charge in [-0.2, -0.15) is 0 Å². The number of ether oxygens (including phenoxy) is 1. The SMILES string of the molecule is N[C@H]1[C@@H](O)[C@@H](O)O[C@@H]1[C@@H](O)C(=O)O. The van der Waals surface area contributed by atoms with Crippen molar-refractivity contribution in [1.29, 1.82) is 0 Å². The minimum atomic E-state index is -1.85. The number of aliphatic hydroxyl groups is 3. The summed E-state index contributed by atoms with van der Waals surface area (Å²) in [5.41, 5.74) is 5.29. The summed E-state index contributed by atoms with van der Waals surface area (Å²) in [5, 5.41) is 35.4. The molecule has 1 rings (SSSR count). The molecular formula is C6H11NO6. The van der Waals surface area contributed by atoms with E-state index in [-0.39, 0.29) is 0 Å². The van der Waals surface area contributed by atoms with E-state index in [0.29, 0.717) is 0 Å². The van der Waals surface area contributed by atoms with Crippen molar-refractivity contribution in [1.82, 2.24) is 0 Å². The van der Waals surface area contributed by atoms with Gasteiger partial charge in [-0.05, 0) is 0 Å². The summed E-state index contributed by atoms with van der Waals surface area (Å²) in [6.07, 6.45) is -6.06. The van der Waals surface area contributed by atoms with Gasteiger partial charge in [-0.15, -0.1) is 0 Å². The second-order valence-electron chi connectivity index (χ2n) is 2.84. The van der Waals surface area contributed by atoms with Crippen molar-refractivity contribution in [2.75, 3.05) is 0 Å². The van der Waals surface area contributed by atoms with Crippen LogP contribution in [0.15, 0.2) is 0 Å². The lowest BCUT2D eigenvalue weighted by molar-refractivity contribution is -0.168. The van der Waals surface area contributed by atoms with Crippen molar-refractivity contribution in [2.24, 2.45) is 5.73 Å². The second-order valence-corrected chi connectivity index (χ2v) is 2.84. The van der Waals surface area contributed by atoms with Gasteiger partial charge >= 0.3 is 5.97 Å². The molecule has 6 N–H and O–H groups in total. The molecule has 1 aliphatic rings. The Hall–Kier alpha value is -0.730. The third-order valence-electron chi connectivity index (χ3n) is 1.93. The van der Waals surface area contributed by atoms with E-state index >= 15 is 0 Å². The Balaban J connectivity index is 2.68. The summed E-state index contributed by atoms with van der Waals surface area (Å²) in [4.78, 5) is 10.3. The molecular weight excluding hydrogens is 182 g/mol. The van der Waals surface area contributed by atoms with Crippen LogP contribution < -0.4 is 5.73 Å². The lowest BCUT2D eigenvalue weighted by Gasteiger charge is -2.17. The van der Waals surface area contributed by atoms with E-state index in [4.69, 9.17) is 26.2 Å². The van der Waals surface area contributed by atoms with Gasteiger partial charge in [0.1, 0.15) is 12.2 Å². The lowest BCUT2D eigenvalue weighted by atomic mass is 10.0. The summed E-state index contributed by atoms with van der Waals surface area (Å²) < 4.78 is 4.56. The van der Waals surface area contributed by atoms with E-state index in [2.05, 4.69) is 4.74 Å². The van der Waals surface area contributed by atoms with E-state index in [0.717, 1.165) is 0 Å². The molecule has 1 heterocycles. The molecule has 0 radical (unpaired) electrons. The molecule has 7 heteroatoms. The van der Waals surface area contributed by atoms with Crippen LogP contribution in [-0.2, 0) is 9.53 Å². The average molecular weight is 193 g/mol. The Kier molecular flexibility index (Phi) is 2.84. The maximum atomic E-state index is 10.3. The van der Waals surface area contributed by atoms with Crippen LogP contribution in [-0.4, -0.2) is 57.0 Å². The Labute approximate surface area is 73.4 Å². The maximum absolute atomic E-state index is 10.3. The molecule has 0 aromatic heterocycles. The summed E-state index contributed by atoms with van der Waals surface area (Å²) in [6, 6.07) is -1.11. The Morgan fingerprint density at radius 3 is 2.31 bits per heavy atom. The van der Waals surface area contributed by atoms with Crippen molar-refractivity contribution in [3.63, 3.8) is 0 Å².